The van der Waals surface area contributed by atoms with Crippen molar-refractivity contribution in [2.45, 2.75) is 19.6 Å². The SMILES string of the molecule is C[C@@H](CN)NC(=O)c1ccccc1CO. The maximum Gasteiger partial charge on any atom is 0.251 e. The average Bonchev–Trinajstić information content (AvgIpc) is 2.28. The number of carbonyl (C=O) groups excluding carboxylic acids is 1. The highest BCUT2D eigenvalue weighted by atomic mass is 16.3. The molecule has 4 nitrogen and oxygen atoms in total. The fraction of sp³-hybridized carbons (Fsp3) is 0.364. The van der Waals surface area contributed by atoms with Gasteiger partial charge in [0.1, 0.15) is 0 Å². The Balaban J connectivity index is 2.81. The van der Waals surface area contributed by atoms with Crippen LogP contribution in [-0.4, -0.2) is 23.6 Å². The monoisotopic (exact) mass is 208 g/mol. The Morgan fingerprint density at radius 2 is 2.20 bits per heavy atom. The lowest BCUT2D eigenvalue weighted by molar-refractivity contribution is 0.0938. The Morgan fingerprint density at radius 1 is 1.53 bits per heavy atom. The Morgan fingerprint density at radius 3 is 2.80 bits per heavy atom. The molecule has 82 valence electrons. The number of aliphatic hydroxyl groups excluding tert-OH is 1. The summed E-state index contributed by atoms with van der Waals surface area (Å²) in [7, 11) is 0. The third-order valence-electron chi connectivity index (χ3n) is 2.16. The molecule has 0 aliphatic heterocycles. The molecular formula is C11H16N2O2. The van der Waals surface area contributed by atoms with E-state index in [1.165, 1.54) is 0 Å². The van der Waals surface area contributed by atoms with Crippen LogP contribution in [0.25, 0.3) is 0 Å². The number of benzene rings is 1. The topological polar surface area (TPSA) is 75.3 Å². The van der Waals surface area contributed by atoms with Crippen LogP contribution >= 0.6 is 0 Å². The van der Waals surface area contributed by atoms with E-state index in [1.807, 2.05) is 6.92 Å². The molecule has 1 aromatic rings. The molecule has 0 bridgehead atoms. The van der Waals surface area contributed by atoms with E-state index in [0.29, 0.717) is 17.7 Å². The molecule has 0 spiro atoms. The van der Waals surface area contributed by atoms with Crippen LogP contribution in [0.1, 0.15) is 22.8 Å². The highest BCUT2D eigenvalue weighted by Gasteiger charge is 2.11. The van der Waals surface area contributed by atoms with E-state index in [1.54, 1.807) is 24.3 Å². The van der Waals surface area contributed by atoms with Crippen LogP contribution in [0.3, 0.4) is 0 Å². The number of nitrogens with one attached hydrogen (secondary N) is 1. The lowest BCUT2D eigenvalue weighted by Crippen LogP contribution is -2.38. The summed E-state index contributed by atoms with van der Waals surface area (Å²) in [4.78, 5) is 11.7. The first kappa shape index (κ1) is 11.7. The first-order valence-corrected chi connectivity index (χ1v) is 4.88. The highest BCUT2D eigenvalue weighted by molar-refractivity contribution is 5.95. The molecule has 4 N–H and O–H groups in total. The van der Waals surface area contributed by atoms with E-state index >= 15 is 0 Å². The maximum absolute atomic E-state index is 11.7. The molecule has 0 radical (unpaired) electrons. The van der Waals surface area contributed by atoms with Gasteiger partial charge in [0.25, 0.3) is 5.91 Å². The van der Waals surface area contributed by atoms with Crippen molar-refractivity contribution < 1.29 is 9.90 Å². The van der Waals surface area contributed by atoms with Crippen molar-refractivity contribution in [2.24, 2.45) is 5.73 Å². The van der Waals surface area contributed by atoms with Crippen molar-refractivity contribution in [1.29, 1.82) is 0 Å². The molecule has 0 aromatic heterocycles. The summed E-state index contributed by atoms with van der Waals surface area (Å²) in [6.07, 6.45) is 0. The summed E-state index contributed by atoms with van der Waals surface area (Å²) >= 11 is 0. The first-order valence-electron chi connectivity index (χ1n) is 4.88. The van der Waals surface area contributed by atoms with Gasteiger partial charge in [-0.25, -0.2) is 0 Å². The quantitative estimate of drug-likeness (QED) is 0.664. The molecule has 1 rings (SSSR count). The standard InChI is InChI=1S/C11H16N2O2/c1-8(6-12)13-11(15)10-5-3-2-4-9(10)7-14/h2-5,8,14H,6-7,12H2,1H3,(H,13,15)/t8-/m0/s1. The van der Waals surface area contributed by atoms with Crippen LogP contribution in [0.2, 0.25) is 0 Å². The second kappa shape index (κ2) is 5.48. The van der Waals surface area contributed by atoms with Crippen molar-refractivity contribution in [1.82, 2.24) is 5.32 Å². The fourth-order valence-corrected chi connectivity index (χ4v) is 1.24. The number of carbonyl (C=O) groups is 1. The molecule has 0 aliphatic carbocycles. The number of hydrogen-bond donors (Lipinski definition) is 3. The van der Waals surface area contributed by atoms with Crippen molar-refractivity contribution in [3.8, 4) is 0 Å². The summed E-state index contributed by atoms with van der Waals surface area (Å²) in [6.45, 7) is 2.09. The van der Waals surface area contributed by atoms with Crippen molar-refractivity contribution in [3.63, 3.8) is 0 Å². The molecule has 0 saturated carbocycles. The molecule has 0 heterocycles. The lowest BCUT2D eigenvalue weighted by atomic mass is 10.1. The number of aliphatic hydroxyl groups is 1. The highest BCUT2D eigenvalue weighted by Crippen LogP contribution is 2.08. The van der Waals surface area contributed by atoms with E-state index in [2.05, 4.69) is 5.32 Å². The summed E-state index contributed by atoms with van der Waals surface area (Å²) in [5, 5.41) is 11.8. The van der Waals surface area contributed by atoms with Crippen LogP contribution in [-0.2, 0) is 6.61 Å². The van der Waals surface area contributed by atoms with Crippen LogP contribution in [0.15, 0.2) is 24.3 Å². The van der Waals surface area contributed by atoms with E-state index in [4.69, 9.17) is 10.8 Å². The zero-order chi connectivity index (χ0) is 11.3. The molecule has 0 saturated heterocycles. The maximum atomic E-state index is 11.7. The van der Waals surface area contributed by atoms with Gasteiger partial charge in [-0.1, -0.05) is 18.2 Å². The van der Waals surface area contributed by atoms with Gasteiger partial charge >= 0.3 is 0 Å². The van der Waals surface area contributed by atoms with Crippen LogP contribution < -0.4 is 11.1 Å². The second-order valence-corrected chi connectivity index (χ2v) is 3.43. The Kier molecular flexibility index (Phi) is 4.27. The van der Waals surface area contributed by atoms with Gasteiger partial charge in [0.15, 0.2) is 0 Å². The minimum absolute atomic E-state index is 0.0655. The van der Waals surface area contributed by atoms with E-state index < -0.39 is 0 Å². The van der Waals surface area contributed by atoms with Crippen molar-refractivity contribution in [3.05, 3.63) is 35.4 Å². The number of amides is 1. The summed E-state index contributed by atoms with van der Waals surface area (Å²) in [6, 6.07) is 6.89. The number of hydrogen-bond acceptors (Lipinski definition) is 3. The molecule has 0 unspecified atom stereocenters. The molecular weight excluding hydrogens is 192 g/mol. The third kappa shape index (κ3) is 3.04. The van der Waals surface area contributed by atoms with Gasteiger partial charge in [-0.3, -0.25) is 4.79 Å². The van der Waals surface area contributed by atoms with E-state index in [0.717, 1.165) is 0 Å². The normalized spacial score (nSPS) is 12.2. The summed E-state index contributed by atoms with van der Waals surface area (Å²) < 4.78 is 0. The molecule has 0 fully saturated rings. The molecule has 4 heteroatoms. The van der Waals surface area contributed by atoms with Gasteiger partial charge in [-0.2, -0.15) is 0 Å². The fourth-order valence-electron chi connectivity index (χ4n) is 1.24. The predicted octanol–water partition coefficient (Wildman–Crippen LogP) is 0.256. The number of nitrogens with two attached hydrogens (primary N) is 1. The summed E-state index contributed by atoms with van der Waals surface area (Å²) in [5.41, 5.74) is 6.53. The Bertz CT molecular complexity index is 339. The summed E-state index contributed by atoms with van der Waals surface area (Å²) in [5.74, 6) is -0.197. The van der Waals surface area contributed by atoms with Gasteiger partial charge < -0.3 is 16.2 Å². The van der Waals surface area contributed by atoms with Crippen LogP contribution in [0, 0.1) is 0 Å². The molecule has 1 atom stereocenters. The second-order valence-electron chi connectivity index (χ2n) is 3.43. The molecule has 1 aromatic carbocycles. The van der Waals surface area contributed by atoms with E-state index in [-0.39, 0.29) is 18.6 Å². The van der Waals surface area contributed by atoms with Gasteiger partial charge in [-0.15, -0.1) is 0 Å². The van der Waals surface area contributed by atoms with Crippen molar-refractivity contribution >= 4 is 5.91 Å². The van der Waals surface area contributed by atoms with Gasteiger partial charge in [0.05, 0.1) is 6.61 Å². The largest absolute Gasteiger partial charge is 0.392 e. The van der Waals surface area contributed by atoms with Crippen LogP contribution in [0.5, 0.6) is 0 Å². The smallest absolute Gasteiger partial charge is 0.251 e. The molecule has 15 heavy (non-hydrogen) atoms. The predicted molar refractivity (Wildman–Crippen MR) is 58.3 cm³/mol. The third-order valence-corrected chi connectivity index (χ3v) is 2.16. The zero-order valence-electron chi connectivity index (χ0n) is 8.73. The van der Waals surface area contributed by atoms with Crippen LogP contribution in [0.4, 0.5) is 0 Å². The van der Waals surface area contributed by atoms with Gasteiger partial charge in [0, 0.05) is 18.2 Å². The minimum Gasteiger partial charge on any atom is -0.392 e. The Labute approximate surface area is 89.1 Å². The number of rotatable bonds is 4. The lowest BCUT2D eigenvalue weighted by Gasteiger charge is -2.12. The van der Waals surface area contributed by atoms with Gasteiger partial charge in [-0.05, 0) is 18.6 Å². The van der Waals surface area contributed by atoms with Crippen molar-refractivity contribution in [2.75, 3.05) is 6.54 Å². The average molecular weight is 208 g/mol. The van der Waals surface area contributed by atoms with Gasteiger partial charge in [0.2, 0.25) is 0 Å². The minimum atomic E-state index is -0.197. The van der Waals surface area contributed by atoms with E-state index in [9.17, 15) is 4.79 Å². The zero-order valence-corrected chi connectivity index (χ0v) is 8.73. The Hall–Kier alpha value is -1.39. The first-order chi connectivity index (χ1) is 7.19. The molecule has 1 amide bonds. The molecule has 0 aliphatic rings.